The van der Waals surface area contributed by atoms with Crippen molar-refractivity contribution in [2.45, 2.75) is 37.7 Å². The summed E-state index contributed by atoms with van der Waals surface area (Å²) < 4.78 is 32.4. The van der Waals surface area contributed by atoms with Crippen LogP contribution in [0.4, 0.5) is 8.78 Å². The van der Waals surface area contributed by atoms with E-state index in [4.69, 9.17) is 4.74 Å². The minimum atomic E-state index is -2.60. The van der Waals surface area contributed by atoms with Crippen LogP contribution in [-0.4, -0.2) is 39.9 Å². The predicted octanol–water partition coefficient (Wildman–Crippen LogP) is 2.67. The monoisotopic (exact) mass is 336 g/mol. The van der Waals surface area contributed by atoms with Gasteiger partial charge in [0.1, 0.15) is 18.1 Å². The zero-order valence-corrected chi connectivity index (χ0v) is 13.2. The van der Waals surface area contributed by atoms with E-state index in [1.807, 2.05) is 0 Å². The molecule has 3 rings (SSSR count). The van der Waals surface area contributed by atoms with E-state index >= 15 is 0 Å². The molecule has 1 aliphatic carbocycles. The number of hydrogen-bond donors (Lipinski definition) is 2. The number of alkyl halides is 2. The van der Waals surface area contributed by atoms with E-state index in [9.17, 15) is 13.6 Å². The molecule has 0 atom stereocenters. The van der Waals surface area contributed by atoms with Crippen LogP contribution in [0.25, 0.3) is 17.1 Å². The molecule has 0 bridgehead atoms. The third kappa shape index (κ3) is 3.52. The zero-order chi connectivity index (χ0) is 17.2. The Labute approximate surface area is 137 Å². The van der Waals surface area contributed by atoms with Crippen molar-refractivity contribution in [3.63, 3.8) is 0 Å². The molecule has 2 heterocycles. The minimum Gasteiger partial charge on any atom is -0.474 e. The Kier molecular flexibility index (Phi) is 4.46. The van der Waals surface area contributed by atoms with E-state index in [0.29, 0.717) is 22.5 Å². The highest BCUT2D eigenvalue weighted by Gasteiger charge is 2.36. The summed E-state index contributed by atoms with van der Waals surface area (Å²) in [5.41, 5.74) is 1.27. The topological polar surface area (TPSA) is 79.9 Å². The molecular weight excluding hydrogens is 318 g/mol. The Morgan fingerprint density at radius 2 is 2.17 bits per heavy atom. The van der Waals surface area contributed by atoms with E-state index in [2.05, 4.69) is 20.3 Å². The third-order valence-corrected chi connectivity index (χ3v) is 4.07. The van der Waals surface area contributed by atoms with E-state index in [1.54, 1.807) is 19.3 Å². The molecular formula is C16H18F2N4O2. The summed E-state index contributed by atoms with van der Waals surface area (Å²) >= 11 is 0. The van der Waals surface area contributed by atoms with Crippen LogP contribution in [-0.2, 0) is 4.79 Å². The molecule has 128 valence electrons. The highest BCUT2D eigenvalue weighted by molar-refractivity contribution is 5.96. The number of amides is 1. The fourth-order valence-electron chi connectivity index (χ4n) is 2.72. The number of ether oxygens (including phenoxy) is 1. The van der Waals surface area contributed by atoms with Gasteiger partial charge in [0.05, 0.1) is 5.39 Å². The lowest BCUT2D eigenvalue weighted by molar-refractivity contribution is -0.115. The van der Waals surface area contributed by atoms with Crippen molar-refractivity contribution < 1.29 is 18.3 Å². The second-order valence-corrected chi connectivity index (χ2v) is 5.77. The van der Waals surface area contributed by atoms with Crippen LogP contribution in [0.1, 0.15) is 31.2 Å². The van der Waals surface area contributed by atoms with Crippen LogP contribution < -0.4 is 10.1 Å². The van der Waals surface area contributed by atoms with Crippen molar-refractivity contribution >= 4 is 23.0 Å². The van der Waals surface area contributed by atoms with E-state index in [-0.39, 0.29) is 37.7 Å². The molecule has 2 aromatic heterocycles. The molecule has 0 aliphatic heterocycles. The van der Waals surface area contributed by atoms with Gasteiger partial charge in [0.25, 0.3) is 0 Å². The van der Waals surface area contributed by atoms with E-state index < -0.39 is 5.92 Å². The van der Waals surface area contributed by atoms with Gasteiger partial charge in [-0.15, -0.1) is 0 Å². The number of nitrogens with zero attached hydrogens (tertiary/aromatic N) is 2. The summed E-state index contributed by atoms with van der Waals surface area (Å²) in [6, 6.07) is 0. The van der Waals surface area contributed by atoms with Gasteiger partial charge in [-0.05, 0) is 18.9 Å². The third-order valence-electron chi connectivity index (χ3n) is 4.07. The summed E-state index contributed by atoms with van der Waals surface area (Å²) in [4.78, 5) is 22.6. The number of carbonyl (C=O) groups is 1. The molecule has 0 radical (unpaired) electrons. The smallest absolute Gasteiger partial charge is 0.248 e. The van der Waals surface area contributed by atoms with Gasteiger partial charge < -0.3 is 15.0 Å². The maximum Gasteiger partial charge on any atom is 0.248 e. The van der Waals surface area contributed by atoms with Gasteiger partial charge in [0, 0.05) is 37.7 Å². The molecule has 0 unspecified atom stereocenters. The first-order valence-electron chi connectivity index (χ1n) is 7.75. The van der Waals surface area contributed by atoms with Crippen molar-refractivity contribution in [1.29, 1.82) is 0 Å². The fraction of sp³-hybridized carbons (Fsp3) is 0.438. The number of fused-ring (bicyclic) bond motifs is 1. The first kappa shape index (κ1) is 16.4. The molecule has 1 saturated carbocycles. The zero-order valence-electron chi connectivity index (χ0n) is 13.2. The molecule has 0 aromatic carbocycles. The maximum absolute atomic E-state index is 13.3. The number of likely N-dealkylation sites (N-methyl/N-ethyl adjacent to an activating group) is 1. The number of aromatic amines is 1. The number of rotatable bonds is 4. The molecule has 1 fully saturated rings. The van der Waals surface area contributed by atoms with Gasteiger partial charge in [-0.25, -0.2) is 18.7 Å². The first-order chi connectivity index (χ1) is 11.5. The summed E-state index contributed by atoms with van der Waals surface area (Å²) in [5, 5.41) is 3.13. The van der Waals surface area contributed by atoms with Gasteiger partial charge in [-0.1, -0.05) is 0 Å². The number of aromatic nitrogens is 3. The van der Waals surface area contributed by atoms with Crippen molar-refractivity contribution in [2.75, 3.05) is 7.05 Å². The molecule has 24 heavy (non-hydrogen) atoms. The normalized spacial score (nSPS) is 18.1. The van der Waals surface area contributed by atoms with Crippen molar-refractivity contribution in [1.82, 2.24) is 20.3 Å². The van der Waals surface area contributed by atoms with Crippen LogP contribution in [0.2, 0.25) is 0 Å². The highest BCUT2D eigenvalue weighted by Crippen LogP contribution is 2.36. The summed E-state index contributed by atoms with van der Waals surface area (Å²) in [7, 11) is 1.54. The average Bonchev–Trinajstić information content (AvgIpc) is 2.99. The highest BCUT2D eigenvalue weighted by atomic mass is 19.3. The van der Waals surface area contributed by atoms with Gasteiger partial charge in [-0.2, -0.15) is 0 Å². The largest absolute Gasteiger partial charge is 0.474 e. The Bertz CT molecular complexity index is 763. The van der Waals surface area contributed by atoms with Crippen LogP contribution in [0.5, 0.6) is 5.88 Å². The molecule has 1 aliphatic rings. The van der Waals surface area contributed by atoms with Crippen LogP contribution in [0, 0.1) is 0 Å². The minimum absolute atomic E-state index is 0.178. The van der Waals surface area contributed by atoms with Crippen molar-refractivity contribution in [2.24, 2.45) is 0 Å². The molecule has 1 amide bonds. The lowest BCUT2D eigenvalue weighted by Crippen LogP contribution is -2.31. The molecule has 0 saturated heterocycles. The predicted molar refractivity (Wildman–Crippen MR) is 84.8 cm³/mol. The summed E-state index contributed by atoms with van der Waals surface area (Å²) in [5.74, 6) is -2.50. The summed E-state index contributed by atoms with van der Waals surface area (Å²) in [6.07, 6.45) is 5.99. The number of hydrogen-bond acceptors (Lipinski definition) is 4. The Balaban J connectivity index is 1.84. The average molecular weight is 336 g/mol. The maximum atomic E-state index is 13.3. The lowest BCUT2D eigenvalue weighted by atomic mass is 9.94. The molecule has 8 heteroatoms. The lowest BCUT2D eigenvalue weighted by Gasteiger charge is -2.28. The first-order valence-corrected chi connectivity index (χ1v) is 7.75. The van der Waals surface area contributed by atoms with Crippen LogP contribution in [0.3, 0.4) is 0 Å². The van der Waals surface area contributed by atoms with Gasteiger partial charge in [0.2, 0.25) is 17.7 Å². The summed E-state index contributed by atoms with van der Waals surface area (Å²) in [6.45, 7) is 0. The van der Waals surface area contributed by atoms with E-state index in [0.717, 1.165) is 0 Å². The molecule has 0 spiro atoms. The molecule has 2 N–H and O–H groups in total. The second-order valence-electron chi connectivity index (χ2n) is 5.77. The number of carbonyl (C=O) groups excluding carboxylic acids is 1. The molecule has 6 nitrogen and oxygen atoms in total. The van der Waals surface area contributed by atoms with Gasteiger partial charge in [-0.3, -0.25) is 4.79 Å². The van der Waals surface area contributed by atoms with E-state index in [1.165, 1.54) is 12.4 Å². The fourth-order valence-corrected chi connectivity index (χ4v) is 2.72. The van der Waals surface area contributed by atoms with Gasteiger partial charge in [0.15, 0.2) is 0 Å². The number of halogens is 2. The Morgan fingerprint density at radius 3 is 2.88 bits per heavy atom. The quantitative estimate of drug-likeness (QED) is 0.841. The van der Waals surface area contributed by atoms with Crippen molar-refractivity contribution in [3.05, 3.63) is 24.2 Å². The SMILES string of the molecule is CNC(=O)C=Cc1c[nH]c2ncnc(OC3CCC(F)(F)CC3)c12. The van der Waals surface area contributed by atoms with Crippen LogP contribution in [0.15, 0.2) is 18.6 Å². The van der Waals surface area contributed by atoms with Gasteiger partial charge >= 0.3 is 0 Å². The Morgan fingerprint density at radius 1 is 1.42 bits per heavy atom. The Hall–Kier alpha value is -2.51. The molecule has 2 aromatic rings. The van der Waals surface area contributed by atoms with Crippen molar-refractivity contribution in [3.8, 4) is 5.88 Å². The number of nitrogens with one attached hydrogen (secondary N) is 2. The van der Waals surface area contributed by atoms with Crippen LogP contribution >= 0.6 is 0 Å². The second kappa shape index (κ2) is 6.54. The standard InChI is InChI=1S/C16H18F2N4O2/c1-19-12(23)3-2-10-8-20-14-13(10)15(22-9-21-14)24-11-4-6-16(17,18)7-5-11/h2-3,8-9,11H,4-7H2,1H3,(H,19,23)(H,20,21,22). The number of H-pyrrole nitrogens is 1.